The molecule has 0 unspecified atom stereocenters. The average Bonchev–Trinajstić information content (AvgIpc) is 2.70. The summed E-state index contributed by atoms with van der Waals surface area (Å²) in [5.74, 6) is 1.50. The number of ether oxygens (including phenoxy) is 2. The van der Waals surface area contributed by atoms with Gasteiger partial charge in [-0.3, -0.25) is 4.79 Å². The molecule has 0 spiro atoms. The van der Waals surface area contributed by atoms with Crippen molar-refractivity contribution in [1.82, 2.24) is 4.90 Å². The Bertz CT molecular complexity index is 800. The van der Waals surface area contributed by atoms with Crippen molar-refractivity contribution in [1.29, 1.82) is 0 Å². The topological polar surface area (TPSA) is 42.0 Å². The van der Waals surface area contributed by atoms with Gasteiger partial charge in [-0.05, 0) is 57.2 Å². The van der Waals surface area contributed by atoms with Gasteiger partial charge in [-0.15, -0.1) is 0 Å². The van der Waals surface area contributed by atoms with Gasteiger partial charge in [-0.2, -0.15) is 0 Å². The number of hydrogen-bond donors (Lipinski definition) is 0. The number of carbonyl (C=O) groups is 1. The molecule has 1 heterocycles. The van der Waals surface area contributed by atoms with Crippen molar-refractivity contribution in [3.63, 3.8) is 0 Å². The van der Waals surface area contributed by atoms with E-state index in [1.165, 1.54) is 0 Å². The summed E-state index contributed by atoms with van der Waals surface area (Å²) in [6.45, 7) is 9.03. The highest BCUT2D eigenvalue weighted by Gasteiger charge is 2.36. The van der Waals surface area contributed by atoms with Gasteiger partial charge in [0.05, 0.1) is 12.3 Å². The van der Waals surface area contributed by atoms with Crippen LogP contribution in [0.3, 0.4) is 0 Å². The first-order chi connectivity index (χ1) is 13.4. The van der Waals surface area contributed by atoms with E-state index in [1.54, 1.807) is 38.1 Å². The number of amides is 1. The molecule has 1 saturated heterocycles. The summed E-state index contributed by atoms with van der Waals surface area (Å²) in [6.07, 6.45) is 0. The number of carbonyl (C=O) groups excluding carboxylic acids is 1. The van der Waals surface area contributed by atoms with Crippen LogP contribution < -0.4 is 14.4 Å². The van der Waals surface area contributed by atoms with Crippen LogP contribution in [0, 0.1) is 0 Å². The Morgan fingerprint density at radius 1 is 1.04 bits per heavy atom. The monoisotopic (exact) mass is 402 g/mol. The van der Waals surface area contributed by atoms with Gasteiger partial charge in [0, 0.05) is 31.2 Å². The van der Waals surface area contributed by atoms with Crippen molar-refractivity contribution < 1.29 is 14.3 Å². The number of nitrogens with zero attached hydrogens (tertiary/aromatic N) is 2. The Kier molecular flexibility index (Phi) is 6.35. The molecule has 1 aliphatic heterocycles. The Morgan fingerprint density at radius 2 is 1.68 bits per heavy atom. The van der Waals surface area contributed by atoms with Crippen LogP contribution in [-0.2, 0) is 4.79 Å². The summed E-state index contributed by atoms with van der Waals surface area (Å²) in [5.41, 5.74) is 0.132. The van der Waals surface area contributed by atoms with Gasteiger partial charge in [0.2, 0.25) is 0 Å². The van der Waals surface area contributed by atoms with Gasteiger partial charge >= 0.3 is 0 Å². The predicted octanol–water partition coefficient (Wildman–Crippen LogP) is 4.24. The predicted molar refractivity (Wildman–Crippen MR) is 113 cm³/mol. The second-order valence-electron chi connectivity index (χ2n) is 7.25. The van der Waals surface area contributed by atoms with Crippen LogP contribution in [-0.4, -0.2) is 49.2 Å². The molecule has 3 rings (SSSR count). The number of benzene rings is 2. The number of piperazine rings is 1. The number of para-hydroxylation sites is 2. The number of hydrogen-bond acceptors (Lipinski definition) is 4. The van der Waals surface area contributed by atoms with Gasteiger partial charge in [-0.1, -0.05) is 23.7 Å². The fraction of sp³-hybridized carbons (Fsp3) is 0.409. The normalized spacial score (nSPS) is 14.7. The van der Waals surface area contributed by atoms with Crippen LogP contribution in [0.1, 0.15) is 20.8 Å². The van der Waals surface area contributed by atoms with Crippen LogP contribution in [0.15, 0.2) is 48.5 Å². The maximum Gasteiger partial charge on any atom is 0.266 e. The first-order valence-electron chi connectivity index (χ1n) is 9.61. The van der Waals surface area contributed by atoms with Gasteiger partial charge in [-0.25, -0.2) is 0 Å². The van der Waals surface area contributed by atoms with Crippen LogP contribution in [0.25, 0.3) is 0 Å². The third-order valence-corrected chi connectivity index (χ3v) is 5.03. The molecule has 1 fully saturated rings. The molecule has 6 heteroatoms. The minimum absolute atomic E-state index is 0.0137. The van der Waals surface area contributed by atoms with Crippen LogP contribution in [0.2, 0.25) is 5.02 Å². The summed E-state index contributed by atoms with van der Waals surface area (Å²) in [7, 11) is 0. The van der Waals surface area contributed by atoms with E-state index in [0.717, 1.165) is 24.5 Å². The fourth-order valence-corrected chi connectivity index (χ4v) is 3.49. The zero-order valence-corrected chi connectivity index (χ0v) is 17.4. The van der Waals surface area contributed by atoms with Crippen LogP contribution in [0.5, 0.6) is 11.5 Å². The minimum atomic E-state index is -0.945. The molecule has 0 aromatic heterocycles. The molecule has 0 atom stereocenters. The highest BCUT2D eigenvalue weighted by Crippen LogP contribution is 2.29. The Morgan fingerprint density at radius 3 is 2.32 bits per heavy atom. The van der Waals surface area contributed by atoms with Gasteiger partial charge in [0.25, 0.3) is 5.91 Å². The van der Waals surface area contributed by atoms with E-state index < -0.39 is 5.60 Å². The van der Waals surface area contributed by atoms with Gasteiger partial charge < -0.3 is 19.3 Å². The maximum absolute atomic E-state index is 13.0. The van der Waals surface area contributed by atoms with E-state index in [9.17, 15) is 4.79 Å². The first kappa shape index (κ1) is 20.3. The Labute approximate surface area is 171 Å². The molecule has 2 aromatic rings. The molecular weight excluding hydrogens is 376 g/mol. The number of halogens is 1. The lowest BCUT2D eigenvalue weighted by Crippen LogP contribution is -2.55. The van der Waals surface area contributed by atoms with Crippen LogP contribution in [0.4, 0.5) is 5.69 Å². The number of anilines is 1. The van der Waals surface area contributed by atoms with E-state index >= 15 is 0 Å². The molecular formula is C22H27ClN2O3. The summed E-state index contributed by atoms with van der Waals surface area (Å²) < 4.78 is 11.7. The summed E-state index contributed by atoms with van der Waals surface area (Å²) in [5, 5.41) is 0.639. The third kappa shape index (κ3) is 4.71. The Hall–Kier alpha value is -2.40. The lowest BCUT2D eigenvalue weighted by molar-refractivity contribution is -0.145. The second-order valence-corrected chi connectivity index (χ2v) is 7.68. The van der Waals surface area contributed by atoms with Crippen LogP contribution >= 0.6 is 11.6 Å². The van der Waals surface area contributed by atoms with Crippen molar-refractivity contribution >= 4 is 23.2 Å². The van der Waals surface area contributed by atoms with E-state index in [-0.39, 0.29) is 5.91 Å². The largest absolute Gasteiger partial charge is 0.492 e. The van der Waals surface area contributed by atoms with E-state index in [1.807, 2.05) is 30.0 Å². The molecule has 1 aliphatic rings. The van der Waals surface area contributed by atoms with Crippen molar-refractivity contribution in [3.8, 4) is 11.5 Å². The molecule has 0 aliphatic carbocycles. The summed E-state index contributed by atoms with van der Waals surface area (Å²) >= 11 is 5.92. The average molecular weight is 403 g/mol. The first-order valence-corrected chi connectivity index (χ1v) is 9.99. The van der Waals surface area contributed by atoms with Crippen molar-refractivity contribution in [2.75, 3.05) is 37.7 Å². The lowest BCUT2D eigenvalue weighted by atomic mass is 10.1. The maximum atomic E-state index is 13.0. The van der Waals surface area contributed by atoms with Gasteiger partial charge in [0.15, 0.2) is 5.60 Å². The molecule has 150 valence electrons. The summed E-state index contributed by atoms with van der Waals surface area (Å²) in [4.78, 5) is 17.2. The standard InChI is InChI=1S/C22H27ClN2O3/c1-4-27-20-8-6-5-7-19(20)24-13-15-25(16-14-24)21(26)22(2,3)28-18-11-9-17(23)10-12-18/h5-12H,4,13-16H2,1-3H3. The molecule has 5 nitrogen and oxygen atoms in total. The molecule has 0 radical (unpaired) electrons. The highest BCUT2D eigenvalue weighted by molar-refractivity contribution is 6.30. The summed E-state index contributed by atoms with van der Waals surface area (Å²) in [6, 6.07) is 15.1. The highest BCUT2D eigenvalue weighted by atomic mass is 35.5. The molecule has 0 N–H and O–H groups in total. The molecule has 0 bridgehead atoms. The molecule has 28 heavy (non-hydrogen) atoms. The molecule has 0 saturated carbocycles. The van der Waals surface area contributed by atoms with Crippen molar-refractivity contribution in [2.45, 2.75) is 26.4 Å². The van der Waals surface area contributed by atoms with E-state index in [4.69, 9.17) is 21.1 Å². The molecule has 2 aromatic carbocycles. The second kappa shape index (κ2) is 8.74. The van der Waals surface area contributed by atoms with Crippen molar-refractivity contribution in [3.05, 3.63) is 53.6 Å². The SMILES string of the molecule is CCOc1ccccc1N1CCN(C(=O)C(C)(C)Oc2ccc(Cl)cc2)CC1. The zero-order valence-electron chi connectivity index (χ0n) is 16.7. The zero-order chi connectivity index (χ0) is 20.1. The van der Waals surface area contributed by atoms with E-state index in [0.29, 0.717) is 30.5 Å². The smallest absolute Gasteiger partial charge is 0.266 e. The Balaban J connectivity index is 1.62. The molecule has 1 amide bonds. The van der Waals surface area contributed by atoms with E-state index in [2.05, 4.69) is 11.0 Å². The number of rotatable bonds is 6. The van der Waals surface area contributed by atoms with Crippen molar-refractivity contribution in [2.24, 2.45) is 0 Å². The lowest BCUT2D eigenvalue weighted by Gasteiger charge is -2.39. The fourth-order valence-electron chi connectivity index (χ4n) is 3.37. The van der Waals surface area contributed by atoms with Gasteiger partial charge in [0.1, 0.15) is 11.5 Å². The third-order valence-electron chi connectivity index (χ3n) is 4.77. The minimum Gasteiger partial charge on any atom is -0.492 e. The quantitative estimate of drug-likeness (QED) is 0.724.